The molecule has 2 aromatic rings. The number of carbonyl (C=O) groups is 1. The third-order valence-corrected chi connectivity index (χ3v) is 3.65. The molecule has 0 aliphatic carbocycles. The lowest BCUT2D eigenvalue weighted by Crippen LogP contribution is -2.14. The topological polar surface area (TPSA) is 63.3 Å². The second kappa shape index (κ2) is 6.93. The minimum Gasteiger partial charge on any atom is -0.507 e. The van der Waals surface area contributed by atoms with Crippen LogP contribution in [0.4, 0.5) is 0 Å². The minimum atomic E-state index is -0.446. The van der Waals surface area contributed by atoms with E-state index in [1.54, 1.807) is 12.1 Å². The number of rotatable bonds is 6. The van der Waals surface area contributed by atoms with Crippen molar-refractivity contribution >= 4 is 5.91 Å². The zero-order valence-electron chi connectivity index (χ0n) is 12.3. The van der Waals surface area contributed by atoms with Crippen molar-refractivity contribution in [2.75, 3.05) is 0 Å². The number of amides is 1. The van der Waals surface area contributed by atoms with Crippen LogP contribution < -0.4 is 5.73 Å². The van der Waals surface area contributed by atoms with Gasteiger partial charge in [-0.15, -0.1) is 0 Å². The lowest BCUT2D eigenvalue weighted by atomic mass is 9.90. The number of benzene rings is 2. The molecule has 0 saturated carbocycles. The number of phenols is 1. The van der Waals surface area contributed by atoms with Crippen molar-refractivity contribution in [1.29, 1.82) is 0 Å². The average molecular weight is 283 g/mol. The number of hydrogen-bond acceptors (Lipinski definition) is 2. The van der Waals surface area contributed by atoms with Crippen molar-refractivity contribution < 1.29 is 9.90 Å². The number of aromatic hydroxyl groups is 1. The normalized spacial score (nSPS) is 10.5. The Hall–Kier alpha value is -2.29. The maximum Gasteiger partial charge on any atom is 0.249 e. The molecule has 0 radical (unpaired) electrons. The molecule has 2 rings (SSSR count). The molecule has 0 bridgehead atoms. The molecule has 0 spiro atoms. The van der Waals surface area contributed by atoms with Gasteiger partial charge in [-0.25, -0.2) is 0 Å². The van der Waals surface area contributed by atoms with Crippen molar-refractivity contribution in [3.63, 3.8) is 0 Å². The molecule has 1 amide bonds. The van der Waals surface area contributed by atoms with Gasteiger partial charge in [-0.05, 0) is 36.1 Å². The van der Waals surface area contributed by atoms with Gasteiger partial charge < -0.3 is 10.8 Å². The summed E-state index contributed by atoms with van der Waals surface area (Å²) >= 11 is 0. The van der Waals surface area contributed by atoms with Crippen molar-refractivity contribution in [3.8, 4) is 16.9 Å². The first-order chi connectivity index (χ1) is 10.1. The number of unbranched alkanes of at least 4 members (excludes halogenated alkanes) is 2. The zero-order chi connectivity index (χ0) is 15.2. The Balaban J connectivity index is 2.55. The molecule has 0 unspecified atom stereocenters. The van der Waals surface area contributed by atoms with E-state index >= 15 is 0 Å². The molecule has 0 aromatic heterocycles. The van der Waals surface area contributed by atoms with Crippen LogP contribution in [0.15, 0.2) is 42.5 Å². The van der Waals surface area contributed by atoms with Gasteiger partial charge in [0, 0.05) is 11.1 Å². The molecule has 0 aliphatic heterocycles. The first kappa shape index (κ1) is 15.1. The highest BCUT2D eigenvalue weighted by Crippen LogP contribution is 2.35. The predicted octanol–water partition coefficient (Wildman–Crippen LogP) is 3.89. The summed E-state index contributed by atoms with van der Waals surface area (Å²) in [5, 5.41) is 10.3. The fraction of sp³-hybridized carbons (Fsp3) is 0.278. The van der Waals surface area contributed by atoms with Crippen LogP contribution in [0.1, 0.15) is 42.1 Å². The lowest BCUT2D eigenvalue weighted by Gasteiger charge is -2.15. The van der Waals surface area contributed by atoms with E-state index in [-0.39, 0.29) is 5.75 Å². The largest absolute Gasteiger partial charge is 0.507 e. The van der Waals surface area contributed by atoms with Gasteiger partial charge in [-0.2, -0.15) is 0 Å². The van der Waals surface area contributed by atoms with Crippen LogP contribution in [-0.4, -0.2) is 11.0 Å². The Morgan fingerprint density at radius 3 is 2.43 bits per heavy atom. The second-order valence-electron chi connectivity index (χ2n) is 5.17. The summed E-state index contributed by atoms with van der Waals surface area (Å²) < 4.78 is 0. The molecule has 2 aromatic carbocycles. The quantitative estimate of drug-likeness (QED) is 0.790. The van der Waals surface area contributed by atoms with E-state index in [4.69, 9.17) is 5.73 Å². The van der Waals surface area contributed by atoms with Crippen molar-refractivity contribution in [2.45, 2.75) is 32.6 Å². The Morgan fingerprint density at radius 2 is 1.81 bits per heavy atom. The highest BCUT2D eigenvalue weighted by molar-refractivity contribution is 5.97. The van der Waals surface area contributed by atoms with Crippen LogP contribution in [0.5, 0.6) is 5.75 Å². The van der Waals surface area contributed by atoms with Gasteiger partial charge in [-0.1, -0.05) is 50.1 Å². The number of phenolic OH excluding ortho intramolecular Hbond substituents is 1. The van der Waals surface area contributed by atoms with E-state index in [2.05, 4.69) is 6.92 Å². The Kier molecular flexibility index (Phi) is 4.99. The third kappa shape index (κ3) is 3.43. The summed E-state index contributed by atoms with van der Waals surface area (Å²) in [5.41, 5.74) is 8.48. The number of nitrogens with two attached hydrogens (primary N) is 1. The van der Waals surface area contributed by atoms with Crippen molar-refractivity contribution in [3.05, 3.63) is 53.6 Å². The molecule has 110 valence electrons. The van der Waals surface area contributed by atoms with Gasteiger partial charge in [0.25, 0.3) is 0 Å². The van der Waals surface area contributed by atoms with Crippen LogP contribution in [-0.2, 0) is 6.42 Å². The van der Waals surface area contributed by atoms with Gasteiger partial charge in [-0.3, -0.25) is 4.79 Å². The minimum absolute atomic E-state index is 0.192. The molecule has 21 heavy (non-hydrogen) atoms. The number of hydrogen-bond donors (Lipinski definition) is 2. The van der Waals surface area contributed by atoms with Gasteiger partial charge in [0.1, 0.15) is 5.75 Å². The standard InChI is InChI=1S/C18H21NO2/c1-2-3-5-10-14-15(18(19)21)11-12-16(20)17(14)13-8-6-4-7-9-13/h4,6-9,11-12,20H,2-3,5,10H2,1H3,(H2,19,21). The van der Waals surface area contributed by atoms with Crippen molar-refractivity contribution in [2.24, 2.45) is 5.73 Å². The van der Waals surface area contributed by atoms with Gasteiger partial charge >= 0.3 is 0 Å². The van der Waals surface area contributed by atoms with Crippen LogP contribution >= 0.6 is 0 Å². The van der Waals surface area contributed by atoms with Gasteiger partial charge in [0.05, 0.1) is 0 Å². The number of carbonyl (C=O) groups excluding carboxylic acids is 1. The lowest BCUT2D eigenvalue weighted by molar-refractivity contribution is 0.0999. The van der Waals surface area contributed by atoms with Crippen LogP contribution in [0.2, 0.25) is 0 Å². The molecule has 0 saturated heterocycles. The first-order valence-corrected chi connectivity index (χ1v) is 7.35. The molecular weight excluding hydrogens is 262 g/mol. The van der Waals surface area contributed by atoms with E-state index in [1.165, 1.54) is 0 Å². The molecule has 0 fully saturated rings. The van der Waals surface area contributed by atoms with E-state index < -0.39 is 5.91 Å². The Bertz CT molecular complexity index is 621. The van der Waals surface area contributed by atoms with Crippen molar-refractivity contribution in [1.82, 2.24) is 0 Å². The smallest absolute Gasteiger partial charge is 0.249 e. The van der Waals surface area contributed by atoms with Crippen LogP contribution in [0.3, 0.4) is 0 Å². The van der Waals surface area contributed by atoms with E-state index in [0.29, 0.717) is 5.56 Å². The summed E-state index contributed by atoms with van der Waals surface area (Å²) in [6, 6.07) is 12.8. The second-order valence-corrected chi connectivity index (χ2v) is 5.17. The summed E-state index contributed by atoms with van der Waals surface area (Å²) in [4.78, 5) is 11.7. The van der Waals surface area contributed by atoms with Gasteiger partial charge in [0.15, 0.2) is 0 Å². The zero-order valence-corrected chi connectivity index (χ0v) is 12.3. The van der Waals surface area contributed by atoms with E-state index in [0.717, 1.165) is 42.4 Å². The summed E-state index contributed by atoms with van der Waals surface area (Å²) in [7, 11) is 0. The maximum atomic E-state index is 11.7. The van der Waals surface area contributed by atoms with Crippen LogP contribution in [0, 0.1) is 0 Å². The van der Waals surface area contributed by atoms with E-state index in [1.807, 2.05) is 30.3 Å². The Morgan fingerprint density at radius 1 is 1.10 bits per heavy atom. The summed E-state index contributed by atoms with van der Waals surface area (Å²) in [6.45, 7) is 2.13. The molecule has 0 heterocycles. The third-order valence-electron chi connectivity index (χ3n) is 3.65. The van der Waals surface area contributed by atoms with E-state index in [9.17, 15) is 9.90 Å². The first-order valence-electron chi connectivity index (χ1n) is 7.35. The Labute approximate surface area is 125 Å². The molecule has 0 atom stereocenters. The highest BCUT2D eigenvalue weighted by Gasteiger charge is 2.17. The maximum absolute atomic E-state index is 11.7. The summed E-state index contributed by atoms with van der Waals surface area (Å²) in [6.07, 6.45) is 3.90. The fourth-order valence-corrected chi connectivity index (χ4v) is 2.60. The molecule has 0 aliphatic rings. The van der Waals surface area contributed by atoms with Crippen LogP contribution in [0.25, 0.3) is 11.1 Å². The number of primary amides is 1. The average Bonchev–Trinajstić information content (AvgIpc) is 2.48. The SMILES string of the molecule is CCCCCc1c(C(N)=O)ccc(O)c1-c1ccccc1. The molecular formula is C18H21NO2. The predicted molar refractivity (Wildman–Crippen MR) is 85.3 cm³/mol. The van der Waals surface area contributed by atoms with Gasteiger partial charge in [0.2, 0.25) is 5.91 Å². The molecule has 3 nitrogen and oxygen atoms in total. The molecule has 3 heteroatoms. The fourth-order valence-electron chi connectivity index (χ4n) is 2.60. The monoisotopic (exact) mass is 283 g/mol. The molecule has 3 N–H and O–H groups in total. The highest BCUT2D eigenvalue weighted by atomic mass is 16.3. The summed E-state index contributed by atoms with van der Waals surface area (Å²) in [5.74, 6) is -0.253.